The number of rotatable bonds is 11. The zero-order chi connectivity index (χ0) is 27.8. The average Bonchev–Trinajstić information content (AvgIpc) is 3.42. The number of amides is 2. The van der Waals surface area contributed by atoms with Gasteiger partial charge in [-0.3, -0.25) is 14.4 Å². The van der Waals surface area contributed by atoms with Crippen LogP contribution in [0.1, 0.15) is 20.7 Å². The lowest BCUT2D eigenvalue weighted by Crippen LogP contribution is -2.52. The molecule has 2 heterocycles. The molecular weight excluding hydrogens is 572 g/mol. The van der Waals surface area contributed by atoms with Crippen molar-refractivity contribution in [2.45, 2.75) is 0 Å². The third-order valence-electron chi connectivity index (χ3n) is 6.26. The van der Waals surface area contributed by atoms with Gasteiger partial charge in [0.15, 0.2) is 0 Å². The number of methoxy groups -OCH3 is 1. The Morgan fingerprint density at radius 1 is 1.03 bits per heavy atom. The summed E-state index contributed by atoms with van der Waals surface area (Å²) in [4.78, 5) is 48.0. The molecule has 4 rings (SSSR count). The van der Waals surface area contributed by atoms with Crippen molar-refractivity contribution in [1.29, 1.82) is 0 Å². The average molecular weight is 599 g/mol. The van der Waals surface area contributed by atoms with Crippen LogP contribution in [-0.4, -0.2) is 92.0 Å². The third kappa shape index (κ3) is 6.51. The van der Waals surface area contributed by atoms with E-state index in [1.54, 1.807) is 41.3 Å². The van der Waals surface area contributed by atoms with Gasteiger partial charge < -0.3 is 29.0 Å². The molecule has 1 aromatic heterocycles. The second kappa shape index (κ2) is 13.1. The molecule has 0 unspecified atom stereocenters. The molecule has 1 saturated heterocycles. The van der Waals surface area contributed by atoms with Gasteiger partial charge in [-0.15, -0.1) is 0 Å². The van der Waals surface area contributed by atoms with Gasteiger partial charge in [0.25, 0.3) is 17.6 Å². The predicted molar refractivity (Wildman–Crippen MR) is 146 cm³/mol. The summed E-state index contributed by atoms with van der Waals surface area (Å²) in [6.45, 7) is 2.38. The van der Waals surface area contributed by atoms with E-state index in [2.05, 4.69) is 30.9 Å². The Morgan fingerprint density at radius 2 is 1.74 bits per heavy atom. The number of halogens is 1. The molecule has 1 aliphatic heterocycles. The third-order valence-corrected chi connectivity index (χ3v) is 6.92. The molecule has 0 saturated carbocycles. The van der Waals surface area contributed by atoms with Crippen molar-refractivity contribution in [2.75, 3.05) is 59.7 Å². The van der Waals surface area contributed by atoms with Crippen molar-refractivity contribution < 1.29 is 28.6 Å². The van der Waals surface area contributed by atoms with Gasteiger partial charge in [-0.05, 0) is 57.9 Å². The number of Topliss-reactive ketones (excluding diaryl/α,β-unsaturated/α-hetero) is 1. The van der Waals surface area contributed by atoms with Crippen LogP contribution in [0.5, 0.6) is 11.5 Å². The highest BCUT2D eigenvalue weighted by atomic mass is 79.9. The van der Waals surface area contributed by atoms with E-state index in [1.165, 1.54) is 18.2 Å². The van der Waals surface area contributed by atoms with Crippen molar-refractivity contribution in [3.63, 3.8) is 0 Å². The highest BCUT2D eigenvalue weighted by molar-refractivity contribution is 9.10. The standard InChI is InChI=1S/C26H27BrN6O6/c1-37-21-7-6-20(27)23-22(21)19(16-29-23)24(34)26(36)33-11-9-32(10-12-33)25(35)17-2-4-18(5-3-17)39-15-14-38-13-8-30-31-28/h2-7,16,29H,8-15H2,1H3. The van der Waals surface area contributed by atoms with E-state index < -0.39 is 11.7 Å². The van der Waals surface area contributed by atoms with Crippen molar-refractivity contribution in [3.8, 4) is 11.5 Å². The molecule has 0 atom stereocenters. The normalized spacial score (nSPS) is 13.2. The summed E-state index contributed by atoms with van der Waals surface area (Å²) in [5, 5.41) is 3.92. The Morgan fingerprint density at radius 3 is 2.44 bits per heavy atom. The van der Waals surface area contributed by atoms with E-state index in [-0.39, 0.29) is 31.1 Å². The van der Waals surface area contributed by atoms with Crippen LogP contribution in [0.15, 0.2) is 52.2 Å². The first kappa shape index (κ1) is 28.0. The number of carbonyl (C=O) groups excluding carboxylic acids is 3. The fraction of sp³-hybridized carbons (Fsp3) is 0.346. The van der Waals surface area contributed by atoms with E-state index in [9.17, 15) is 14.4 Å². The van der Waals surface area contributed by atoms with Crippen LogP contribution in [0.4, 0.5) is 0 Å². The molecule has 39 heavy (non-hydrogen) atoms. The molecule has 3 aromatic rings. The number of aromatic nitrogens is 1. The maximum absolute atomic E-state index is 13.1. The summed E-state index contributed by atoms with van der Waals surface area (Å²) < 4.78 is 17.0. The topological polar surface area (TPSA) is 150 Å². The van der Waals surface area contributed by atoms with E-state index in [0.29, 0.717) is 60.9 Å². The number of H-pyrrole nitrogens is 1. The monoisotopic (exact) mass is 598 g/mol. The largest absolute Gasteiger partial charge is 0.496 e. The van der Waals surface area contributed by atoms with Crippen LogP contribution >= 0.6 is 15.9 Å². The molecular formula is C26H27BrN6O6. The van der Waals surface area contributed by atoms with Crippen molar-refractivity contribution in [1.82, 2.24) is 14.8 Å². The van der Waals surface area contributed by atoms with E-state index in [1.807, 2.05) is 0 Å². The molecule has 1 fully saturated rings. The second-order valence-corrected chi connectivity index (χ2v) is 9.41. The van der Waals surface area contributed by atoms with Gasteiger partial charge in [0, 0.05) is 53.9 Å². The maximum Gasteiger partial charge on any atom is 0.295 e. The molecule has 0 radical (unpaired) electrons. The maximum atomic E-state index is 13.1. The number of nitrogens with zero attached hydrogens (tertiary/aromatic N) is 5. The molecule has 0 bridgehead atoms. The van der Waals surface area contributed by atoms with E-state index in [0.717, 1.165) is 4.47 Å². The summed E-state index contributed by atoms with van der Waals surface area (Å²) in [6.07, 6.45) is 1.52. The van der Waals surface area contributed by atoms with Gasteiger partial charge in [0.2, 0.25) is 0 Å². The lowest BCUT2D eigenvalue weighted by atomic mass is 10.1. The van der Waals surface area contributed by atoms with Gasteiger partial charge in [0.05, 0.1) is 36.8 Å². The Bertz CT molecular complexity index is 1390. The molecule has 0 aliphatic carbocycles. The second-order valence-electron chi connectivity index (χ2n) is 8.56. The number of benzene rings is 2. The zero-order valence-corrected chi connectivity index (χ0v) is 22.8. The lowest BCUT2D eigenvalue weighted by Gasteiger charge is -2.34. The summed E-state index contributed by atoms with van der Waals surface area (Å²) in [5.74, 6) is -0.317. The number of azide groups is 1. The van der Waals surface area contributed by atoms with Crippen LogP contribution in [0.2, 0.25) is 0 Å². The van der Waals surface area contributed by atoms with Crippen LogP contribution in [0.25, 0.3) is 21.3 Å². The van der Waals surface area contributed by atoms with Crippen molar-refractivity contribution >= 4 is 44.4 Å². The number of aromatic amines is 1. The summed E-state index contributed by atoms with van der Waals surface area (Å²) >= 11 is 3.45. The Balaban J connectivity index is 1.29. The first-order chi connectivity index (χ1) is 18.9. The highest BCUT2D eigenvalue weighted by Crippen LogP contribution is 2.34. The molecule has 2 aromatic carbocycles. The number of hydrogen-bond donors (Lipinski definition) is 1. The minimum Gasteiger partial charge on any atom is -0.496 e. The first-order valence-corrected chi connectivity index (χ1v) is 13.0. The van der Waals surface area contributed by atoms with Crippen molar-refractivity contribution in [2.24, 2.45) is 5.11 Å². The van der Waals surface area contributed by atoms with E-state index in [4.69, 9.17) is 19.7 Å². The van der Waals surface area contributed by atoms with Gasteiger partial charge >= 0.3 is 0 Å². The Kier molecular flexibility index (Phi) is 9.42. The minimum absolute atomic E-state index is 0.160. The smallest absolute Gasteiger partial charge is 0.295 e. The summed E-state index contributed by atoms with van der Waals surface area (Å²) in [6, 6.07) is 10.3. The number of carbonyl (C=O) groups is 3. The van der Waals surface area contributed by atoms with Gasteiger partial charge in [0.1, 0.15) is 18.1 Å². The van der Waals surface area contributed by atoms with E-state index >= 15 is 0 Å². The predicted octanol–water partition coefficient (Wildman–Crippen LogP) is 3.81. The summed E-state index contributed by atoms with van der Waals surface area (Å²) in [5.41, 5.74) is 9.64. The molecule has 1 N–H and O–H groups in total. The highest BCUT2D eigenvalue weighted by Gasteiger charge is 2.31. The summed E-state index contributed by atoms with van der Waals surface area (Å²) in [7, 11) is 1.51. The minimum atomic E-state index is -0.630. The number of hydrogen-bond acceptors (Lipinski definition) is 7. The molecule has 2 amide bonds. The SMILES string of the molecule is COc1ccc(Br)c2[nH]cc(C(=O)C(=O)N3CCN(C(=O)c4ccc(OCCOCCN=[N+]=[N-])cc4)CC3)c12. The zero-order valence-electron chi connectivity index (χ0n) is 21.3. The number of nitrogens with one attached hydrogen (secondary N) is 1. The molecule has 0 spiro atoms. The van der Waals surface area contributed by atoms with Gasteiger partial charge in [-0.2, -0.15) is 0 Å². The fourth-order valence-corrected chi connectivity index (χ4v) is 4.70. The molecule has 12 nitrogen and oxygen atoms in total. The Labute approximate surface area is 232 Å². The number of ether oxygens (including phenoxy) is 3. The quantitative estimate of drug-likeness (QED) is 0.0885. The molecule has 1 aliphatic rings. The van der Waals surface area contributed by atoms with Gasteiger partial charge in [-0.25, -0.2) is 0 Å². The number of piperazine rings is 1. The van der Waals surface area contributed by atoms with Crippen LogP contribution in [-0.2, 0) is 9.53 Å². The molecule has 13 heteroatoms. The van der Waals surface area contributed by atoms with Crippen molar-refractivity contribution in [3.05, 3.63) is 68.6 Å². The Hall–Kier alpha value is -4.06. The number of fused-ring (bicyclic) bond motifs is 1. The van der Waals surface area contributed by atoms with Crippen LogP contribution in [0, 0.1) is 0 Å². The fourth-order valence-electron chi connectivity index (χ4n) is 4.25. The molecule has 204 valence electrons. The lowest BCUT2D eigenvalue weighted by molar-refractivity contribution is -0.127. The van der Waals surface area contributed by atoms with Crippen LogP contribution in [0.3, 0.4) is 0 Å². The van der Waals surface area contributed by atoms with Crippen LogP contribution < -0.4 is 9.47 Å². The van der Waals surface area contributed by atoms with Gasteiger partial charge in [-0.1, -0.05) is 5.11 Å². The number of ketones is 1. The first-order valence-electron chi connectivity index (χ1n) is 12.2.